The Hall–Kier alpha value is -2.73. The van der Waals surface area contributed by atoms with Crippen LogP contribution in [0.15, 0.2) is 48.5 Å². The van der Waals surface area contributed by atoms with Gasteiger partial charge in [-0.2, -0.15) is 0 Å². The number of carbonyl (C=O) groups is 1. The lowest BCUT2D eigenvalue weighted by Gasteiger charge is -2.14. The van der Waals surface area contributed by atoms with Gasteiger partial charge in [0.15, 0.2) is 0 Å². The maximum absolute atomic E-state index is 14.5. The molecule has 0 atom stereocenters. The Morgan fingerprint density at radius 3 is 2.44 bits per heavy atom. The average Bonchev–Trinajstić information content (AvgIpc) is 3.33. The zero-order chi connectivity index (χ0) is 19.0. The number of thiophene rings is 1. The lowest BCUT2D eigenvalue weighted by atomic mass is 9.99. The van der Waals surface area contributed by atoms with E-state index in [9.17, 15) is 18.7 Å². The number of carboxylic acid groups (broad SMARTS) is 1. The van der Waals surface area contributed by atoms with E-state index in [0.717, 1.165) is 49.1 Å². The van der Waals surface area contributed by atoms with E-state index in [4.69, 9.17) is 0 Å². The highest BCUT2D eigenvalue weighted by Crippen LogP contribution is 2.45. The quantitative estimate of drug-likeness (QED) is 0.630. The Morgan fingerprint density at radius 2 is 1.70 bits per heavy atom. The largest absolute Gasteiger partial charge is 0.478 e. The number of aromatic carboxylic acids is 1. The molecule has 0 aliphatic carbocycles. The molecule has 4 rings (SSSR count). The van der Waals surface area contributed by atoms with Crippen LogP contribution in [0, 0.1) is 11.6 Å². The Kier molecular flexibility index (Phi) is 4.66. The van der Waals surface area contributed by atoms with E-state index in [1.165, 1.54) is 17.4 Å². The normalized spacial score (nSPS) is 13.9. The minimum absolute atomic E-state index is 0.144. The van der Waals surface area contributed by atoms with Crippen molar-refractivity contribution in [3.05, 3.63) is 65.7 Å². The molecule has 2 aromatic carbocycles. The molecule has 6 heteroatoms. The van der Waals surface area contributed by atoms with Crippen LogP contribution in [0.4, 0.5) is 13.8 Å². The van der Waals surface area contributed by atoms with Crippen molar-refractivity contribution in [1.82, 2.24) is 0 Å². The fraction of sp³-hybridized carbons (Fsp3) is 0.190. The number of hydrogen-bond donors (Lipinski definition) is 1. The van der Waals surface area contributed by atoms with E-state index >= 15 is 0 Å². The number of halogens is 2. The van der Waals surface area contributed by atoms with Gasteiger partial charge in [0.1, 0.15) is 11.6 Å². The van der Waals surface area contributed by atoms with Gasteiger partial charge < -0.3 is 10.0 Å². The van der Waals surface area contributed by atoms with Crippen molar-refractivity contribution in [2.45, 2.75) is 12.8 Å². The molecule has 1 aliphatic rings. The van der Waals surface area contributed by atoms with Crippen LogP contribution >= 0.6 is 11.3 Å². The molecule has 0 unspecified atom stereocenters. The number of rotatable bonds is 4. The van der Waals surface area contributed by atoms with Crippen molar-refractivity contribution < 1.29 is 18.7 Å². The van der Waals surface area contributed by atoms with Gasteiger partial charge in [0.25, 0.3) is 0 Å². The number of nitrogens with zero attached hydrogens (tertiary/aromatic N) is 1. The number of hydrogen-bond acceptors (Lipinski definition) is 3. The fourth-order valence-corrected chi connectivity index (χ4v) is 4.71. The molecule has 3 aromatic rings. The molecule has 1 saturated heterocycles. The first kappa shape index (κ1) is 17.7. The zero-order valence-corrected chi connectivity index (χ0v) is 15.2. The molecule has 1 aliphatic heterocycles. The minimum atomic E-state index is -1.05. The van der Waals surface area contributed by atoms with Crippen molar-refractivity contribution in [3.63, 3.8) is 0 Å². The smallest absolute Gasteiger partial charge is 0.336 e. The molecule has 0 saturated carbocycles. The summed E-state index contributed by atoms with van der Waals surface area (Å²) in [6, 6.07) is 11.8. The summed E-state index contributed by atoms with van der Waals surface area (Å²) < 4.78 is 28.3. The summed E-state index contributed by atoms with van der Waals surface area (Å²) in [5.41, 5.74) is 1.32. The first-order valence-corrected chi connectivity index (χ1v) is 9.53. The minimum Gasteiger partial charge on any atom is -0.478 e. The maximum Gasteiger partial charge on any atom is 0.336 e. The molecule has 0 radical (unpaired) electrons. The standard InChI is InChI=1S/C21H17F2NO2S/c22-13-7-8-18(23)16(11-13)17-12-19(24-9-3-4-10-24)27-20(17)14-5-1-2-6-15(14)21(25)26/h1-2,5-8,11-12H,3-4,9-10H2,(H,25,26). The molecule has 0 amide bonds. The summed E-state index contributed by atoms with van der Waals surface area (Å²) in [6.45, 7) is 1.82. The van der Waals surface area contributed by atoms with Crippen LogP contribution in [0.3, 0.4) is 0 Å². The summed E-state index contributed by atoms with van der Waals surface area (Å²) in [6.07, 6.45) is 2.17. The lowest BCUT2D eigenvalue weighted by molar-refractivity contribution is 0.0698. The van der Waals surface area contributed by atoms with Crippen LogP contribution in [0.25, 0.3) is 21.6 Å². The summed E-state index contributed by atoms with van der Waals surface area (Å²) >= 11 is 1.42. The SMILES string of the molecule is O=C(O)c1ccccc1-c1sc(N2CCCC2)cc1-c1cc(F)ccc1F. The highest BCUT2D eigenvalue weighted by molar-refractivity contribution is 7.20. The molecule has 3 nitrogen and oxygen atoms in total. The first-order valence-electron chi connectivity index (χ1n) is 8.71. The molecule has 1 fully saturated rings. The lowest BCUT2D eigenvalue weighted by Crippen LogP contribution is -2.15. The van der Waals surface area contributed by atoms with Crippen LogP contribution in [0.5, 0.6) is 0 Å². The number of benzene rings is 2. The molecule has 0 spiro atoms. The van der Waals surface area contributed by atoms with E-state index in [2.05, 4.69) is 4.90 Å². The van der Waals surface area contributed by atoms with Crippen molar-refractivity contribution in [2.24, 2.45) is 0 Å². The second-order valence-corrected chi connectivity index (χ2v) is 7.53. The van der Waals surface area contributed by atoms with E-state index in [-0.39, 0.29) is 11.1 Å². The van der Waals surface area contributed by atoms with Gasteiger partial charge in [0, 0.05) is 34.7 Å². The fourth-order valence-electron chi connectivity index (χ4n) is 3.44. The van der Waals surface area contributed by atoms with Gasteiger partial charge in [0.2, 0.25) is 0 Å². The van der Waals surface area contributed by atoms with Gasteiger partial charge >= 0.3 is 5.97 Å². The predicted octanol–water partition coefficient (Wildman–Crippen LogP) is 5.66. The third-order valence-electron chi connectivity index (χ3n) is 4.76. The Balaban J connectivity index is 1.95. The summed E-state index contributed by atoms with van der Waals surface area (Å²) in [7, 11) is 0. The molecule has 27 heavy (non-hydrogen) atoms. The van der Waals surface area contributed by atoms with E-state index in [1.54, 1.807) is 18.2 Å². The van der Waals surface area contributed by atoms with Crippen LogP contribution in [-0.4, -0.2) is 24.2 Å². The average molecular weight is 385 g/mol. The first-order chi connectivity index (χ1) is 13.0. The van der Waals surface area contributed by atoms with Crippen molar-refractivity contribution in [1.29, 1.82) is 0 Å². The highest BCUT2D eigenvalue weighted by atomic mass is 32.1. The maximum atomic E-state index is 14.5. The highest BCUT2D eigenvalue weighted by Gasteiger charge is 2.23. The van der Waals surface area contributed by atoms with Gasteiger partial charge in [-0.05, 0) is 43.2 Å². The molecule has 1 aromatic heterocycles. The molecule has 0 bridgehead atoms. The van der Waals surface area contributed by atoms with Gasteiger partial charge in [-0.3, -0.25) is 0 Å². The van der Waals surface area contributed by atoms with Crippen molar-refractivity contribution in [3.8, 4) is 21.6 Å². The van der Waals surface area contributed by atoms with E-state index in [0.29, 0.717) is 16.0 Å². The van der Waals surface area contributed by atoms with Crippen LogP contribution in [0.1, 0.15) is 23.2 Å². The summed E-state index contributed by atoms with van der Waals surface area (Å²) in [5.74, 6) is -2.11. The Morgan fingerprint density at radius 1 is 0.963 bits per heavy atom. The number of anilines is 1. The van der Waals surface area contributed by atoms with Crippen LogP contribution in [-0.2, 0) is 0 Å². The predicted molar refractivity (Wildman–Crippen MR) is 104 cm³/mol. The summed E-state index contributed by atoms with van der Waals surface area (Å²) in [4.78, 5) is 14.5. The Labute approximate surface area is 159 Å². The van der Waals surface area contributed by atoms with E-state index in [1.807, 2.05) is 6.07 Å². The van der Waals surface area contributed by atoms with Gasteiger partial charge in [-0.25, -0.2) is 13.6 Å². The molecule has 138 valence electrons. The zero-order valence-electron chi connectivity index (χ0n) is 14.4. The van der Waals surface area contributed by atoms with Crippen LogP contribution in [0.2, 0.25) is 0 Å². The van der Waals surface area contributed by atoms with Gasteiger partial charge in [0.05, 0.1) is 10.6 Å². The van der Waals surface area contributed by atoms with Gasteiger partial charge in [-0.15, -0.1) is 11.3 Å². The van der Waals surface area contributed by atoms with Crippen LogP contribution < -0.4 is 4.90 Å². The molecular formula is C21H17F2NO2S. The second-order valence-electron chi connectivity index (χ2n) is 6.50. The third-order valence-corrected chi connectivity index (χ3v) is 5.99. The van der Waals surface area contributed by atoms with Crippen molar-refractivity contribution >= 4 is 22.3 Å². The van der Waals surface area contributed by atoms with Crippen molar-refractivity contribution in [2.75, 3.05) is 18.0 Å². The summed E-state index contributed by atoms with van der Waals surface area (Å²) in [5, 5.41) is 10.5. The molecular weight excluding hydrogens is 368 g/mol. The topological polar surface area (TPSA) is 40.5 Å². The van der Waals surface area contributed by atoms with E-state index < -0.39 is 17.6 Å². The molecule has 1 N–H and O–H groups in total. The monoisotopic (exact) mass is 385 g/mol. The number of carboxylic acids is 1. The third kappa shape index (κ3) is 3.32. The van der Waals surface area contributed by atoms with Gasteiger partial charge in [-0.1, -0.05) is 18.2 Å². The molecule has 2 heterocycles. The second kappa shape index (κ2) is 7.12. The Bertz CT molecular complexity index is 1010.